The number of rotatable bonds is 1. The molecule has 2 aliphatic rings. The van der Waals surface area contributed by atoms with E-state index in [0.29, 0.717) is 0 Å². The molecule has 1 saturated carbocycles. The summed E-state index contributed by atoms with van der Waals surface area (Å²) in [5.74, 6) is 2.07. The second-order valence-corrected chi connectivity index (χ2v) is 5.93. The van der Waals surface area contributed by atoms with Crippen LogP contribution in [0.4, 0.5) is 0 Å². The van der Waals surface area contributed by atoms with Crippen LogP contribution in [0.5, 0.6) is 0 Å². The van der Waals surface area contributed by atoms with Gasteiger partial charge in [0.05, 0.1) is 5.04 Å². The van der Waals surface area contributed by atoms with Crippen LogP contribution in [0, 0.1) is 5.92 Å². The third kappa shape index (κ3) is 3.82. The molecule has 15 heavy (non-hydrogen) atoms. The van der Waals surface area contributed by atoms with Gasteiger partial charge in [-0.15, -0.1) is 11.8 Å². The summed E-state index contributed by atoms with van der Waals surface area (Å²) in [6.45, 7) is 1.08. The zero-order valence-electron chi connectivity index (χ0n) is 9.71. The fraction of sp³-hybridized carbons (Fsp3) is 0.923. The fourth-order valence-electron chi connectivity index (χ4n) is 2.66. The molecule has 2 heteroatoms. The molecule has 0 saturated heterocycles. The minimum absolute atomic E-state index is 0.829. The van der Waals surface area contributed by atoms with Gasteiger partial charge in [0.25, 0.3) is 0 Å². The zero-order valence-corrected chi connectivity index (χ0v) is 10.5. The Labute approximate surface area is 98.1 Å². The second-order valence-electron chi connectivity index (χ2n) is 4.82. The lowest BCUT2D eigenvalue weighted by Crippen LogP contribution is -2.10. The highest BCUT2D eigenvalue weighted by molar-refractivity contribution is 8.14. The lowest BCUT2D eigenvalue weighted by atomic mass is 9.93. The summed E-state index contributed by atoms with van der Waals surface area (Å²) in [7, 11) is 0. The van der Waals surface area contributed by atoms with Crippen LogP contribution in [0.25, 0.3) is 0 Å². The Morgan fingerprint density at radius 2 is 1.47 bits per heavy atom. The summed E-state index contributed by atoms with van der Waals surface area (Å²) in [5, 5.41) is 1.50. The predicted octanol–water partition coefficient (Wildman–Crippen LogP) is 4.27. The quantitative estimate of drug-likeness (QED) is 0.649. The van der Waals surface area contributed by atoms with Gasteiger partial charge in [-0.3, -0.25) is 4.99 Å². The SMILES string of the molecule is C1CCCCC(C2=NCCS2)CCCC1. The van der Waals surface area contributed by atoms with Crippen molar-refractivity contribution in [3.05, 3.63) is 0 Å². The van der Waals surface area contributed by atoms with Crippen molar-refractivity contribution in [1.29, 1.82) is 0 Å². The van der Waals surface area contributed by atoms with E-state index in [4.69, 9.17) is 0 Å². The number of thioether (sulfide) groups is 1. The van der Waals surface area contributed by atoms with Gasteiger partial charge >= 0.3 is 0 Å². The van der Waals surface area contributed by atoms with E-state index in [2.05, 4.69) is 4.99 Å². The Morgan fingerprint density at radius 3 is 2.00 bits per heavy atom. The van der Waals surface area contributed by atoms with Gasteiger partial charge in [0.1, 0.15) is 0 Å². The van der Waals surface area contributed by atoms with E-state index < -0.39 is 0 Å². The Balaban J connectivity index is 1.83. The number of aliphatic imine (C=N–C) groups is 1. The molecule has 1 heterocycles. The van der Waals surface area contributed by atoms with Crippen LogP contribution in [0.1, 0.15) is 57.8 Å². The van der Waals surface area contributed by atoms with E-state index >= 15 is 0 Å². The maximum atomic E-state index is 4.67. The fourth-order valence-corrected chi connectivity index (χ4v) is 3.70. The molecule has 2 rings (SSSR count). The average molecular weight is 225 g/mol. The van der Waals surface area contributed by atoms with Crippen molar-refractivity contribution < 1.29 is 0 Å². The zero-order chi connectivity index (χ0) is 10.3. The lowest BCUT2D eigenvalue weighted by Gasteiger charge is -2.17. The van der Waals surface area contributed by atoms with Crippen molar-refractivity contribution >= 4 is 16.8 Å². The molecule has 0 amide bonds. The first-order chi connectivity index (χ1) is 7.47. The van der Waals surface area contributed by atoms with Crippen LogP contribution in [0.3, 0.4) is 0 Å². The third-order valence-corrected chi connectivity index (χ3v) is 4.71. The van der Waals surface area contributed by atoms with Crippen molar-refractivity contribution in [2.45, 2.75) is 57.8 Å². The van der Waals surface area contributed by atoms with E-state index in [9.17, 15) is 0 Å². The van der Waals surface area contributed by atoms with E-state index in [-0.39, 0.29) is 0 Å². The molecule has 0 spiro atoms. The smallest absolute Gasteiger partial charge is 0.0707 e. The monoisotopic (exact) mass is 225 g/mol. The highest BCUT2D eigenvalue weighted by Gasteiger charge is 2.19. The lowest BCUT2D eigenvalue weighted by molar-refractivity contribution is 0.462. The predicted molar refractivity (Wildman–Crippen MR) is 69.8 cm³/mol. The van der Waals surface area contributed by atoms with Crippen LogP contribution in [-0.2, 0) is 0 Å². The van der Waals surface area contributed by atoms with Gasteiger partial charge < -0.3 is 0 Å². The summed E-state index contributed by atoms with van der Waals surface area (Å²) in [4.78, 5) is 4.67. The maximum absolute atomic E-state index is 4.67. The molecular formula is C13H23NS. The van der Waals surface area contributed by atoms with Gasteiger partial charge in [-0.1, -0.05) is 44.9 Å². The first-order valence-corrected chi connectivity index (χ1v) is 7.62. The van der Waals surface area contributed by atoms with Crippen LogP contribution < -0.4 is 0 Å². The first-order valence-electron chi connectivity index (χ1n) is 6.64. The van der Waals surface area contributed by atoms with Crippen LogP contribution >= 0.6 is 11.8 Å². The normalized spacial score (nSPS) is 26.3. The molecule has 0 N–H and O–H groups in total. The molecule has 0 aromatic heterocycles. The van der Waals surface area contributed by atoms with Crippen molar-refractivity contribution in [2.75, 3.05) is 12.3 Å². The van der Waals surface area contributed by atoms with Crippen molar-refractivity contribution in [2.24, 2.45) is 10.9 Å². The average Bonchev–Trinajstić information content (AvgIpc) is 2.79. The maximum Gasteiger partial charge on any atom is 0.0707 e. The van der Waals surface area contributed by atoms with E-state index in [1.807, 2.05) is 11.8 Å². The Bertz CT molecular complexity index is 203. The minimum atomic E-state index is 0.829. The van der Waals surface area contributed by atoms with Crippen molar-refractivity contribution in [3.63, 3.8) is 0 Å². The Kier molecular flexibility index (Phi) is 5.04. The topological polar surface area (TPSA) is 12.4 Å². The number of hydrogen-bond acceptors (Lipinski definition) is 2. The molecular weight excluding hydrogens is 202 g/mol. The molecule has 1 aliphatic heterocycles. The summed E-state index contributed by atoms with van der Waals surface area (Å²) < 4.78 is 0. The molecule has 0 unspecified atom stereocenters. The van der Waals surface area contributed by atoms with Crippen LogP contribution in [0.15, 0.2) is 4.99 Å². The summed E-state index contributed by atoms with van der Waals surface area (Å²) in [6.07, 6.45) is 13.0. The summed E-state index contributed by atoms with van der Waals surface area (Å²) in [5.41, 5.74) is 0. The minimum Gasteiger partial charge on any atom is -0.282 e. The summed E-state index contributed by atoms with van der Waals surface area (Å²) >= 11 is 2.03. The van der Waals surface area contributed by atoms with Gasteiger partial charge in [0.2, 0.25) is 0 Å². The number of nitrogens with zero attached hydrogens (tertiary/aromatic N) is 1. The molecule has 86 valence electrons. The van der Waals surface area contributed by atoms with E-state index in [1.54, 1.807) is 0 Å². The second kappa shape index (κ2) is 6.57. The van der Waals surface area contributed by atoms with E-state index in [1.165, 1.54) is 68.6 Å². The van der Waals surface area contributed by atoms with Gasteiger partial charge in [-0.25, -0.2) is 0 Å². The molecule has 0 aromatic carbocycles. The first kappa shape index (κ1) is 11.5. The largest absolute Gasteiger partial charge is 0.282 e. The van der Waals surface area contributed by atoms with Crippen molar-refractivity contribution in [3.8, 4) is 0 Å². The van der Waals surface area contributed by atoms with E-state index in [0.717, 1.165) is 12.5 Å². The third-order valence-electron chi connectivity index (χ3n) is 3.56. The van der Waals surface area contributed by atoms with Gasteiger partial charge in [0.15, 0.2) is 0 Å². The van der Waals surface area contributed by atoms with Gasteiger partial charge in [-0.2, -0.15) is 0 Å². The van der Waals surface area contributed by atoms with Crippen LogP contribution in [0.2, 0.25) is 0 Å². The molecule has 0 bridgehead atoms. The molecule has 1 nitrogen and oxygen atoms in total. The molecule has 0 aromatic rings. The van der Waals surface area contributed by atoms with Gasteiger partial charge in [-0.05, 0) is 12.8 Å². The number of hydrogen-bond donors (Lipinski definition) is 0. The standard InChI is InChI=1S/C13H23NS/c1-2-4-6-8-12(9-7-5-3-1)13-14-10-11-15-13/h12H,1-11H2. The van der Waals surface area contributed by atoms with Gasteiger partial charge in [0, 0.05) is 18.2 Å². The Morgan fingerprint density at radius 1 is 0.867 bits per heavy atom. The molecule has 1 fully saturated rings. The van der Waals surface area contributed by atoms with Crippen molar-refractivity contribution in [1.82, 2.24) is 0 Å². The molecule has 0 atom stereocenters. The van der Waals surface area contributed by atoms with Crippen LogP contribution in [-0.4, -0.2) is 17.3 Å². The molecule has 1 aliphatic carbocycles. The molecule has 0 radical (unpaired) electrons. The highest BCUT2D eigenvalue weighted by atomic mass is 32.2. The summed E-state index contributed by atoms with van der Waals surface area (Å²) in [6, 6.07) is 0. The Hall–Kier alpha value is 0.0200. The highest BCUT2D eigenvalue weighted by Crippen LogP contribution is 2.28.